The van der Waals surface area contributed by atoms with Crippen molar-refractivity contribution in [3.8, 4) is 23.0 Å². The molecule has 2 heterocycles. The second-order valence-electron chi connectivity index (χ2n) is 5.35. The van der Waals surface area contributed by atoms with Gasteiger partial charge in [0.25, 0.3) is 0 Å². The molecule has 1 aliphatic rings. The van der Waals surface area contributed by atoms with Crippen molar-refractivity contribution in [3.05, 3.63) is 52.4 Å². The topological polar surface area (TPSA) is 101 Å². The second kappa shape index (κ2) is 5.38. The molecule has 0 unspecified atom stereocenters. The fourth-order valence-electron chi connectivity index (χ4n) is 2.60. The molecule has 0 atom stereocenters. The summed E-state index contributed by atoms with van der Waals surface area (Å²) in [4.78, 5) is 11.7. The van der Waals surface area contributed by atoms with Gasteiger partial charge < -0.3 is 29.4 Å². The van der Waals surface area contributed by atoms with Gasteiger partial charge in [0.2, 0.25) is 6.79 Å². The summed E-state index contributed by atoms with van der Waals surface area (Å²) >= 11 is 0. The van der Waals surface area contributed by atoms with Crippen molar-refractivity contribution in [2.24, 2.45) is 0 Å². The Morgan fingerprint density at radius 1 is 1.00 bits per heavy atom. The van der Waals surface area contributed by atoms with Gasteiger partial charge in [-0.2, -0.15) is 0 Å². The number of aromatic hydroxyl groups is 2. The Bertz CT molecular complexity index is 994. The van der Waals surface area contributed by atoms with E-state index in [9.17, 15) is 15.0 Å². The number of benzene rings is 2. The minimum Gasteiger partial charge on any atom is -0.504 e. The molecule has 1 aliphatic heterocycles. The first-order valence-corrected chi connectivity index (χ1v) is 7.22. The lowest BCUT2D eigenvalue weighted by molar-refractivity contribution is 0.174. The monoisotopic (exact) mass is 327 g/mol. The third-order valence-corrected chi connectivity index (χ3v) is 3.78. The Hall–Kier alpha value is -3.35. The quantitative estimate of drug-likeness (QED) is 0.502. The van der Waals surface area contributed by atoms with Crippen LogP contribution in [0.1, 0.15) is 5.56 Å². The predicted molar refractivity (Wildman–Crippen MR) is 85.7 cm³/mol. The number of phenolic OH excluding ortho intramolecular Hbond substituents is 2. The van der Waals surface area contributed by atoms with Crippen LogP contribution in [0.15, 0.2) is 45.6 Å². The summed E-state index contributed by atoms with van der Waals surface area (Å²) in [6, 6.07) is 9.37. The highest BCUT2D eigenvalue weighted by Crippen LogP contribution is 2.35. The number of nitrogens with one attached hydrogen (secondary N) is 1. The Kier molecular flexibility index (Phi) is 3.19. The zero-order chi connectivity index (χ0) is 16.7. The van der Waals surface area contributed by atoms with Crippen LogP contribution in [-0.4, -0.2) is 17.0 Å². The minimum absolute atomic E-state index is 0.200. The number of anilines is 1. The molecule has 122 valence electrons. The molecule has 24 heavy (non-hydrogen) atoms. The number of hydrogen-bond donors (Lipinski definition) is 3. The van der Waals surface area contributed by atoms with Crippen molar-refractivity contribution in [2.45, 2.75) is 6.54 Å². The van der Waals surface area contributed by atoms with Gasteiger partial charge in [-0.05, 0) is 23.8 Å². The summed E-state index contributed by atoms with van der Waals surface area (Å²) in [6.45, 7) is 0.526. The summed E-state index contributed by atoms with van der Waals surface area (Å²) in [5, 5.41) is 22.9. The molecule has 0 radical (unpaired) electrons. The van der Waals surface area contributed by atoms with E-state index in [-0.39, 0.29) is 23.9 Å². The van der Waals surface area contributed by atoms with E-state index in [1.807, 2.05) is 6.07 Å². The highest BCUT2D eigenvalue weighted by atomic mass is 16.7. The molecule has 4 rings (SSSR count). The van der Waals surface area contributed by atoms with E-state index >= 15 is 0 Å². The van der Waals surface area contributed by atoms with Gasteiger partial charge in [0.15, 0.2) is 23.0 Å². The lowest BCUT2D eigenvalue weighted by Gasteiger charge is -2.10. The van der Waals surface area contributed by atoms with Crippen molar-refractivity contribution >= 4 is 16.7 Å². The molecule has 2 aromatic carbocycles. The van der Waals surface area contributed by atoms with Crippen LogP contribution < -0.4 is 20.4 Å². The third-order valence-electron chi connectivity index (χ3n) is 3.78. The Morgan fingerprint density at radius 3 is 2.67 bits per heavy atom. The summed E-state index contributed by atoms with van der Waals surface area (Å²) in [5.41, 5.74) is 1.10. The molecule has 3 N–H and O–H groups in total. The van der Waals surface area contributed by atoms with Gasteiger partial charge in [-0.15, -0.1) is 0 Å². The van der Waals surface area contributed by atoms with Gasteiger partial charge in [-0.1, -0.05) is 0 Å². The van der Waals surface area contributed by atoms with Gasteiger partial charge >= 0.3 is 5.63 Å². The van der Waals surface area contributed by atoms with E-state index in [2.05, 4.69) is 5.32 Å². The largest absolute Gasteiger partial charge is 0.504 e. The van der Waals surface area contributed by atoms with Crippen LogP contribution >= 0.6 is 0 Å². The maximum Gasteiger partial charge on any atom is 0.336 e. The van der Waals surface area contributed by atoms with Crippen molar-refractivity contribution < 1.29 is 24.1 Å². The third kappa shape index (κ3) is 2.45. The van der Waals surface area contributed by atoms with E-state index in [0.29, 0.717) is 29.0 Å². The maximum atomic E-state index is 11.7. The lowest BCUT2D eigenvalue weighted by Crippen LogP contribution is -2.05. The molecular formula is C17H13NO6. The number of hydrogen-bond acceptors (Lipinski definition) is 7. The van der Waals surface area contributed by atoms with Gasteiger partial charge in [0.05, 0.1) is 0 Å². The molecule has 1 aromatic heterocycles. The van der Waals surface area contributed by atoms with Gasteiger partial charge in [-0.3, -0.25) is 0 Å². The number of phenols is 2. The minimum atomic E-state index is -0.532. The van der Waals surface area contributed by atoms with Crippen LogP contribution in [0.25, 0.3) is 11.0 Å². The molecule has 3 aromatic rings. The normalized spacial score (nSPS) is 12.5. The Labute approximate surface area is 135 Å². The predicted octanol–water partition coefficient (Wildman–Crippen LogP) is 2.55. The van der Waals surface area contributed by atoms with E-state index in [4.69, 9.17) is 13.9 Å². The lowest BCUT2D eigenvalue weighted by atomic mass is 10.1. The molecule has 0 amide bonds. The highest BCUT2D eigenvalue weighted by Gasteiger charge is 2.14. The molecule has 0 fully saturated rings. The van der Waals surface area contributed by atoms with E-state index in [1.165, 1.54) is 18.2 Å². The van der Waals surface area contributed by atoms with E-state index < -0.39 is 5.63 Å². The van der Waals surface area contributed by atoms with E-state index in [0.717, 1.165) is 5.69 Å². The van der Waals surface area contributed by atoms with E-state index in [1.54, 1.807) is 12.1 Å². The van der Waals surface area contributed by atoms with Crippen LogP contribution in [0.4, 0.5) is 5.69 Å². The fraction of sp³-hybridized carbons (Fsp3) is 0.118. The van der Waals surface area contributed by atoms with Crippen molar-refractivity contribution in [1.29, 1.82) is 0 Å². The van der Waals surface area contributed by atoms with Crippen LogP contribution in [0, 0.1) is 0 Å². The fourth-order valence-corrected chi connectivity index (χ4v) is 2.60. The molecule has 0 bridgehead atoms. The smallest absolute Gasteiger partial charge is 0.336 e. The molecule has 0 saturated carbocycles. The number of ether oxygens (including phenoxy) is 2. The van der Waals surface area contributed by atoms with Crippen molar-refractivity contribution in [1.82, 2.24) is 0 Å². The first kappa shape index (κ1) is 14.3. The van der Waals surface area contributed by atoms with Crippen LogP contribution in [0.2, 0.25) is 0 Å². The van der Waals surface area contributed by atoms with Crippen LogP contribution in [0.5, 0.6) is 23.0 Å². The summed E-state index contributed by atoms with van der Waals surface area (Å²) < 4.78 is 15.6. The summed E-state index contributed by atoms with van der Waals surface area (Å²) in [5.74, 6) is 0.721. The van der Waals surface area contributed by atoms with Gasteiger partial charge in [-0.25, -0.2) is 4.79 Å². The molecule has 0 spiro atoms. The molecular weight excluding hydrogens is 314 g/mol. The van der Waals surface area contributed by atoms with Crippen LogP contribution in [0.3, 0.4) is 0 Å². The van der Waals surface area contributed by atoms with Gasteiger partial charge in [0, 0.05) is 35.8 Å². The van der Waals surface area contributed by atoms with Gasteiger partial charge in [0.1, 0.15) is 5.58 Å². The van der Waals surface area contributed by atoms with Crippen molar-refractivity contribution in [3.63, 3.8) is 0 Å². The Morgan fingerprint density at radius 2 is 1.79 bits per heavy atom. The second-order valence-corrected chi connectivity index (χ2v) is 5.35. The maximum absolute atomic E-state index is 11.7. The molecule has 7 heteroatoms. The average molecular weight is 327 g/mol. The zero-order valence-corrected chi connectivity index (χ0v) is 12.4. The summed E-state index contributed by atoms with van der Waals surface area (Å²) in [6.07, 6.45) is 0. The number of fused-ring (bicyclic) bond motifs is 2. The molecule has 0 aliphatic carbocycles. The highest BCUT2D eigenvalue weighted by molar-refractivity contribution is 5.84. The molecule has 0 saturated heterocycles. The average Bonchev–Trinajstić information content (AvgIpc) is 3.02. The Balaban J connectivity index is 1.67. The first-order valence-electron chi connectivity index (χ1n) is 7.22. The van der Waals surface area contributed by atoms with Crippen molar-refractivity contribution in [2.75, 3.05) is 12.1 Å². The standard InChI is InChI=1S/C17H13NO6/c19-12-5-11-9(3-17(21)24-15(11)6-13(12)20)7-18-10-1-2-14-16(4-10)23-8-22-14/h1-6,18-20H,7-8H2. The zero-order valence-electron chi connectivity index (χ0n) is 12.4. The SMILES string of the molecule is O=c1cc(CNc2ccc3c(c2)OCO3)c2cc(O)c(O)cc2o1. The molecule has 7 nitrogen and oxygen atoms in total. The number of rotatable bonds is 3. The summed E-state index contributed by atoms with van der Waals surface area (Å²) in [7, 11) is 0. The van der Waals surface area contributed by atoms with Crippen LogP contribution in [-0.2, 0) is 6.54 Å². The first-order chi connectivity index (χ1) is 11.6.